The topological polar surface area (TPSA) is 78.9 Å². The molecular weight excluding hydrogens is 273 g/mol. The lowest BCUT2D eigenvalue weighted by Crippen LogP contribution is -2.14. The van der Waals surface area contributed by atoms with Gasteiger partial charge in [-0.2, -0.15) is 0 Å². The molecule has 7 heteroatoms. The molecule has 21 heavy (non-hydrogen) atoms. The normalized spacial score (nSPS) is 15.7. The van der Waals surface area contributed by atoms with E-state index in [2.05, 4.69) is 15.5 Å². The van der Waals surface area contributed by atoms with Crippen molar-refractivity contribution in [2.24, 2.45) is 0 Å². The van der Waals surface area contributed by atoms with E-state index in [4.69, 9.17) is 10.5 Å². The van der Waals surface area contributed by atoms with Gasteiger partial charge in [-0.25, -0.2) is 9.07 Å². The van der Waals surface area contributed by atoms with Gasteiger partial charge in [-0.05, 0) is 41.5 Å². The van der Waals surface area contributed by atoms with E-state index in [1.54, 1.807) is 10.7 Å². The Morgan fingerprint density at radius 1 is 1.33 bits per heavy atom. The van der Waals surface area contributed by atoms with Gasteiger partial charge < -0.3 is 10.5 Å². The second-order valence-corrected chi connectivity index (χ2v) is 5.24. The maximum Gasteiger partial charge on any atom is 0.182 e. The predicted octanol–water partition coefficient (Wildman–Crippen LogP) is 2.02. The third-order valence-electron chi connectivity index (χ3n) is 3.74. The first-order valence-corrected chi connectivity index (χ1v) is 7.17. The lowest BCUT2D eigenvalue weighted by Gasteiger charge is -2.11. The molecule has 1 aromatic heterocycles. The average Bonchev–Trinajstić information content (AvgIpc) is 3.13. The van der Waals surface area contributed by atoms with E-state index in [-0.39, 0.29) is 5.69 Å². The molecule has 1 heterocycles. The molecule has 6 nitrogen and oxygen atoms in total. The SMILES string of the molecule is Nc1cc(-c2nnnn2CCOC2CCCC2)ccc1F. The summed E-state index contributed by atoms with van der Waals surface area (Å²) in [6, 6.07) is 4.47. The quantitative estimate of drug-likeness (QED) is 0.853. The first kappa shape index (κ1) is 13.9. The summed E-state index contributed by atoms with van der Waals surface area (Å²) in [4.78, 5) is 0. The minimum atomic E-state index is -0.442. The molecule has 0 bridgehead atoms. The third kappa shape index (κ3) is 3.18. The van der Waals surface area contributed by atoms with E-state index in [9.17, 15) is 4.39 Å². The first-order valence-electron chi connectivity index (χ1n) is 7.17. The van der Waals surface area contributed by atoms with Crippen LogP contribution in [0.25, 0.3) is 11.4 Å². The summed E-state index contributed by atoms with van der Waals surface area (Å²) in [5.41, 5.74) is 6.36. The average molecular weight is 291 g/mol. The van der Waals surface area contributed by atoms with Crippen molar-refractivity contribution in [2.45, 2.75) is 38.3 Å². The Morgan fingerprint density at radius 3 is 2.90 bits per heavy atom. The number of hydrogen-bond donors (Lipinski definition) is 1. The smallest absolute Gasteiger partial charge is 0.182 e. The van der Waals surface area contributed by atoms with E-state index in [0.29, 0.717) is 30.6 Å². The van der Waals surface area contributed by atoms with E-state index in [1.165, 1.54) is 25.0 Å². The van der Waals surface area contributed by atoms with Crippen LogP contribution in [0.15, 0.2) is 18.2 Å². The zero-order chi connectivity index (χ0) is 14.7. The molecule has 2 N–H and O–H groups in total. The highest BCUT2D eigenvalue weighted by molar-refractivity contribution is 5.61. The van der Waals surface area contributed by atoms with Crippen molar-refractivity contribution in [1.82, 2.24) is 20.2 Å². The Kier molecular flexibility index (Phi) is 4.10. The molecular formula is C14H18FN5O. The number of anilines is 1. The molecule has 1 aliphatic carbocycles. The number of hydrogen-bond acceptors (Lipinski definition) is 5. The summed E-state index contributed by atoms with van der Waals surface area (Å²) in [5, 5.41) is 11.6. The van der Waals surface area contributed by atoms with Crippen molar-refractivity contribution < 1.29 is 9.13 Å². The Hall–Kier alpha value is -2.02. The molecule has 1 fully saturated rings. The van der Waals surface area contributed by atoms with Crippen LogP contribution in [0.4, 0.5) is 10.1 Å². The summed E-state index contributed by atoms with van der Waals surface area (Å²) in [6.45, 7) is 1.13. The third-order valence-corrected chi connectivity index (χ3v) is 3.74. The maximum atomic E-state index is 13.2. The molecule has 2 aromatic rings. The standard InChI is InChI=1S/C14H18FN5O/c15-12-6-5-10(9-13(12)16)14-17-18-19-20(14)7-8-21-11-3-1-2-4-11/h5-6,9,11H,1-4,7-8,16H2. The van der Waals surface area contributed by atoms with Gasteiger partial charge in [0.05, 0.1) is 24.9 Å². The highest BCUT2D eigenvalue weighted by Gasteiger charge is 2.16. The van der Waals surface area contributed by atoms with Crippen LogP contribution in [0.2, 0.25) is 0 Å². The molecule has 0 aliphatic heterocycles. The van der Waals surface area contributed by atoms with E-state index in [1.807, 2.05) is 0 Å². The highest BCUT2D eigenvalue weighted by Crippen LogP contribution is 2.22. The largest absolute Gasteiger partial charge is 0.396 e. The highest BCUT2D eigenvalue weighted by atomic mass is 19.1. The van der Waals surface area contributed by atoms with Crippen molar-refractivity contribution in [3.05, 3.63) is 24.0 Å². The van der Waals surface area contributed by atoms with E-state index >= 15 is 0 Å². The maximum absolute atomic E-state index is 13.2. The van der Waals surface area contributed by atoms with Crippen LogP contribution in [-0.4, -0.2) is 32.9 Å². The Balaban J connectivity index is 1.66. The minimum Gasteiger partial charge on any atom is -0.396 e. The van der Waals surface area contributed by atoms with Crippen LogP contribution in [0.5, 0.6) is 0 Å². The molecule has 1 aliphatic rings. The fourth-order valence-corrected chi connectivity index (χ4v) is 2.61. The van der Waals surface area contributed by atoms with Crippen molar-refractivity contribution >= 4 is 5.69 Å². The summed E-state index contributed by atoms with van der Waals surface area (Å²) in [5.74, 6) is 0.124. The van der Waals surface area contributed by atoms with Crippen LogP contribution < -0.4 is 5.73 Å². The van der Waals surface area contributed by atoms with Crippen molar-refractivity contribution in [2.75, 3.05) is 12.3 Å². The fraction of sp³-hybridized carbons (Fsp3) is 0.500. The fourth-order valence-electron chi connectivity index (χ4n) is 2.61. The lowest BCUT2D eigenvalue weighted by atomic mass is 10.2. The van der Waals surface area contributed by atoms with Gasteiger partial charge in [-0.1, -0.05) is 12.8 Å². The van der Waals surface area contributed by atoms with Gasteiger partial charge in [-0.15, -0.1) is 5.10 Å². The van der Waals surface area contributed by atoms with Crippen LogP contribution >= 0.6 is 0 Å². The number of halogens is 1. The van der Waals surface area contributed by atoms with Crippen molar-refractivity contribution in [3.8, 4) is 11.4 Å². The van der Waals surface area contributed by atoms with E-state index < -0.39 is 5.82 Å². The molecule has 1 aromatic carbocycles. The second-order valence-electron chi connectivity index (χ2n) is 5.24. The Bertz CT molecular complexity index is 609. The Morgan fingerprint density at radius 2 is 2.14 bits per heavy atom. The number of rotatable bonds is 5. The summed E-state index contributed by atoms with van der Waals surface area (Å²) < 4.78 is 20.7. The first-order chi connectivity index (χ1) is 10.2. The molecule has 1 saturated carbocycles. The molecule has 0 atom stereocenters. The molecule has 0 amide bonds. The lowest BCUT2D eigenvalue weighted by molar-refractivity contribution is 0.0514. The van der Waals surface area contributed by atoms with Crippen molar-refractivity contribution in [3.63, 3.8) is 0 Å². The summed E-state index contributed by atoms with van der Waals surface area (Å²) in [6.07, 6.45) is 5.13. The molecule has 0 saturated heterocycles. The second kappa shape index (κ2) is 6.17. The summed E-state index contributed by atoms with van der Waals surface area (Å²) >= 11 is 0. The number of aromatic nitrogens is 4. The van der Waals surface area contributed by atoms with Crippen LogP contribution in [0.3, 0.4) is 0 Å². The Labute approximate surface area is 122 Å². The monoisotopic (exact) mass is 291 g/mol. The van der Waals surface area contributed by atoms with Gasteiger partial charge in [0.1, 0.15) is 5.82 Å². The van der Waals surface area contributed by atoms with Gasteiger partial charge in [0.2, 0.25) is 0 Å². The van der Waals surface area contributed by atoms with Gasteiger partial charge in [-0.3, -0.25) is 0 Å². The van der Waals surface area contributed by atoms with Crippen LogP contribution in [0, 0.1) is 5.82 Å². The zero-order valence-electron chi connectivity index (χ0n) is 11.7. The molecule has 112 valence electrons. The summed E-state index contributed by atoms with van der Waals surface area (Å²) in [7, 11) is 0. The van der Waals surface area contributed by atoms with Gasteiger partial charge >= 0.3 is 0 Å². The molecule has 0 radical (unpaired) electrons. The van der Waals surface area contributed by atoms with Gasteiger partial charge in [0.15, 0.2) is 5.82 Å². The number of nitrogens with zero attached hydrogens (tertiary/aromatic N) is 4. The number of ether oxygens (including phenoxy) is 1. The molecule has 0 spiro atoms. The van der Waals surface area contributed by atoms with Gasteiger partial charge in [0, 0.05) is 5.56 Å². The number of nitrogens with two attached hydrogens (primary N) is 1. The zero-order valence-corrected chi connectivity index (χ0v) is 11.7. The van der Waals surface area contributed by atoms with Crippen LogP contribution in [0.1, 0.15) is 25.7 Å². The number of tetrazole rings is 1. The van der Waals surface area contributed by atoms with Crippen molar-refractivity contribution in [1.29, 1.82) is 0 Å². The predicted molar refractivity (Wildman–Crippen MR) is 75.8 cm³/mol. The van der Waals surface area contributed by atoms with Gasteiger partial charge in [0.25, 0.3) is 0 Å². The van der Waals surface area contributed by atoms with E-state index in [0.717, 1.165) is 12.8 Å². The molecule has 3 rings (SSSR count). The minimum absolute atomic E-state index is 0.0873. The number of nitrogen functional groups attached to an aromatic ring is 1. The molecule has 0 unspecified atom stereocenters. The van der Waals surface area contributed by atoms with Crippen LogP contribution in [-0.2, 0) is 11.3 Å². The number of benzene rings is 1.